The Hall–Kier alpha value is -0.300. The molecule has 0 aliphatic heterocycles. The topological polar surface area (TPSA) is 0 Å². The zero-order valence-electron chi connectivity index (χ0n) is 9.15. The van der Waals surface area contributed by atoms with Gasteiger partial charge in [0.05, 0.1) is 0 Å². The minimum absolute atomic E-state index is 1.14. The van der Waals surface area contributed by atoms with Crippen LogP contribution in [-0.4, -0.2) is 0 Å². The molecule has 1 aromatic carbocycles. The van der Waals surface area contributed by atoms with Crippen LogP contribution in [0.25, 0.3) is 0 Å². The van der Waals surface area contributed by atoms with E-state index in [0.717, 1.165) is 6.42 Å². The molecule has 0 spiro atoms. The Bertz CT molecular complexity index is 279. The molecule has 0 radical (unpaired) electrons. The molecule has 0 heterocycles. The lowest BCUT2D eigenvalue weighted by atomic mass is 10.00. The van der Waals surface area contributed by atoms with Gasteiger partial charge >= 0.3 is 0 Å². The Kier molecular flexibility index (Phi) is 5.24. The Balaban J connectivity index is 2.72. The number of hydrogen-bond donors (Lipinski definition) is 0. The van der Waals surface area contributed by atoms with Crippen molar-refractivity contribution in [3.63, 3.8) is 0 Å². The van der Waals surface area contributed by atoms with Gasteiger partial charge in [0, 0.05) is 4.47 Å². The summed E-state index contributed by atoms with van der Waals surface area (Å²) in [6.45, 7) is 4.48. The Morgan fingerprint density at radius 2 is 1.93 bits per heavy atom. The van der Waals surface area contributed by atoms with E-state index in [2.05, 4.69) is 48.0 Å². The van der Waals surface area contributed by atoms with Gasteiger partial charge in [-0.05, 0) is 36.5 Å². The smallest absolute Gasteiger partial charge is 0.0210 e. The Labute approximate surface area is 95.9 Å². The predicted molar refractivity (Wildman–Crippen MR) is 66.7 cm³/mol. The molecule has 0 unspecified atom stereocenters. The van der Waals surface area contributed by atoms with Crippen LogP contribution in [0.4, 0.5) is 0 Å². The number of rotatable bonds is 5. The quantitative estimate of drug-likeness (QED) is 0.666. The van der Waals surface area contributed by atoms with Gasteiger partial charge < -0.3 is 0 Å². The average molecular weight is 255 g/mol. The van der Waals surface area contributed by atoms with Gasteiger partial charge in [0.15, 0.2) is 0 Å². The van der Waals surface area contributed by atoms with Crippen LogP contribution in [0, 0.1) is 0 Å². The summed E-state index contributed by atoms with van der Waals surface area (Å²) in [5.74, 6) is 0. The first-order valence-electron chi connectivity index (χ1n) is 5.55. The normalized spacial score (nSPS) is 10.5. The maximum Gasteiger partial charge on any atom is 0.0210 e. The van der Waals surface area contributed by atoms with Crippen molar-refractivity contribution < 1.29 is 0 Å². The molecule has 14 heavy (non-hydrogen) atoms. The third-order valence-electron chi connectivity index (χ3n) is 2.63. The van der Waals surface area contributed by atoms with E-state index >= 15 is 0 Å². The Morgan fingerprint density at radius 1 is 1.14 bits per heavy atom. The first-order valence-corrected chi connectivity index (χ1v) is 6.35. The summed E-state index contributed by atoms with van der Waals surface area (Å²) in [7, 11) is 0. The number of benzene rings is 1. The maximum atomic E-state index is 3.64. The van der Waals surface area contributed by atoms with Gasteiger partial charge in [0.25, 0.3) is 0 Å². The monoisotopic (exact) mass is 254 g/mol. The molecule has 0 saturated heterocycles. The van der Waals surface area contributed by atoms with Gasteiger partial charge in [-0.3, -0.25) is 0 Å². The lowest BCUT2D eigenvalue weighted by molar-refractivity contribution is 0.712. The van der Waals surface area contributed by atoms with Crippen LogP contribution in [0.1, 0.15) is 44.2 Å². The molecule has 0 amide bonds. The van der Waals surface area contributed by atoms with Gasteiger partial charge in [-0.1, -0.05) is 54.8 Å². The highest BCUT2D eigenvalue weighted by Gasteiger charge is 2.04. The second-order valence-corrected chi connectivity index (χ2v) is 4.54. The second-order valence-electron chi connectivity index (χ2n) is 3.69. The van der Waals surface area contributed by atoms with Crippen LogP contribution in [0.5, 0.6) is 0 Å². The molecule has 0 fully saturated rings. The summed E-state index contributed by atoms with van der Waals surface area (Å²) in [6, 6.07) is 6.53. The minimum Gasteiger partial charge on any atom is -0.0654 e. The largest absolute Gasteiger partial charge is 0.0654 e. The zero-order chi connectivity index (χ0) is 10.4. The fourth-order valence-electron chi connectivity index (χ4n) is 1.77. The van der Waals surface area contributed by atoms with Crippen LogP contribution in [0.2, 0.25) is 0 Å². The summed E-state index contributed by atoms with van der Waals surface area (Å²) in [6.07, 6.45) is 6.31. The minimum atomic E-state index is 1.14. The Morgan fingerprint density at radius 3 is 2.57 bits per heavy atom. The molecule has 1 aromatic rings. The highest BCUT2D eigenvalue weighted by Crippen LogP contribution is 2.23. The first-order chi connectivity index (χ1) is 6.79. The first kappa shape index (κ1) is 11.8. The maximum absolute atomic E-state index is 3.64. The van der Waals surface area contributed by atoms with E-state index in [1.54, 1.807) is 0 Å². The summed E-state index contributed by atoms with van der Waals surface area (Å²) >= 11 is 3.64. The standard InChI is InChI=1S/C13H19Br/c1-3-5-6-9-12-11(4-2)8-7-10-13(12)14/h7-8,10H,3-6,9H2,1-2H3. The van der Waals surface area contributed by atoms with E-state index in [4.69, 9.17) is 0 Å². The van der Waals surface area contributed by atoms with Crippen LogP contribution in [0.3, 0.4) is 0 Å². The van der Waals surface area contributed by atoms with E-state index < -0.39 is 0 Å². The lowest BCUT2D eigenvalue weighted by Crippen LogP contribution is -1.94. The molecule has 78 valence electrons. The summed E-state index contributed by atoms with van der Waals surface area (Å²) in [5.41, 5.74) is 3.01. The van der Waals surface area contributed by atoms with Gasteiger partial charge in [-0.2, -0.15) is 0 Å². The number of hydrogen-bond acceptors (Lipinski definition) is 0. The van der Waals surface area contributed by atoms with Crippen molar-refractivity contribution in [2.75, 3.05) is 0 Å². The van der Waals surface area contributed by atoms with Gasteiger partial charge in [-0.25, -0.2) is 0 Å². The van der Waals surface area contributed by atoms with Gasteiger partial charge in [0.1, 0.15) is 0 Å². The highest BCUT2D eigenvalue weighted by atomic mass is 79.9. The molecule has 0 aliphatic carbocycles. The zero-order valence-corrected chi connectivity index (χ0v) is 10.7. The van der Waals surface area contributed by atoms with Crippen LogP contribution < -0.4 is 0 Å². The van der Waals surface area contributed by atoms with Gasteiger partial charge in [-0.15, -0.1) is 0 Å². The van der Waals surface area contributed by atoms with Crippen molar-refractivity contribution >= 4 is 15.9 Å². The molecule has 1 heteroatoms. The number of unbranched alkanes of at least 4 members (excludes halogenated alkanes) is 2. The number of aryl methyl sites for hydroxylation is 1. The molecule has 0 atom stereocenters. The van der Waals surface area contributed by atoms with E-state index in [9.17, 15) is 0 Å². The molecule has 0 bridgehead atoms. The lowest BCUT2D eigenvalue weighted by Gasteiger charge is -2.09. The van der Waals surface area contributed by atoms with E-state index in [1.807, 2.05) is 0 Å². The van der Waals surface area contributed by atoms with E-state index in [1.165, 1.54) is 41.3 Å². The third kappa shape index (κ3) is 3.13. The molecular formula is C13H19Br. The SMILES string of the molecule is CCCCCc1c(Br)cccc1CC. The van der Waals surface area contributed by atoms with Crippen molar-refractivity contribution in [1.29, 1.82) is 0 Å². The van der Waals surface area contributed by atoms with Crippen molar-refractivity contribution in [2.45, 2.75) is 46.0 Å². The van der Waals surface area contributed by atoms with Crippen molar-refractivity contribution in [3.8, 4) is 0 Å². The number of halogens is 1. The average Bonchev–Trinajstić information content (AvgIpc) is 2.20. The van der Waals surface area contributed by atoms with Gasteiger partial charge in [0.2, 0.25) is 0 Å². The van der Waals surface area contributed by atoms with Crippen molar-refractivity contribution in [3.05, 3.63) is 33.8 Å². The summed E-state index contributed by atoms with van der Waals surface area (Å²) < 4.78 is 1.29. The molecular weight excluding hydrogens is 236 g/mol. The predicted octanol–water partition coefficient (Wildman–Crippen LogP) is 4.74. The molecule has 1 rings (SSSR count). The highest BCUT2D eigenvalue weighted by molar-refractivity contribution is 9.10. The fourth-order valence-corrected chi connectivity index (χ4v) is 2.37. The second kappa shape index (κ2) is 6.23. The van der Waals surface area contributed by atoms with Crippen LogP contribution in [0.15, 0.2) is 22.7 Å². The van der Waals surface area contributed by atoms with Crippen molar-refractivity contribution in [2.24, 2.45) is 0 Å². The molecule has 0 nitrogen and oxygen atoms in total. The van der Waals surface area contributed by atoms with Crippen LogP contribution in [-0.2, 0) is 12.8 Å². The molecule has 0 aromatic heterocycles. The third-order valence-corrected chi connectivity index (χ3v) is 3.37. The summed E-state index contributed by atoms with van der Waals surface area (Å²) in [5, 5.41) is 0. The van der Waals surface area contributed by atoms with Crippen LogP contribution >= 0.6 is 15.9 Å². The summed E-state index contributed by atoms with van der Waals surface area (Å²) in [4.78, 5) is 0. The molecule has 0 saturated carbocycles. The van der Waals surface area contributed by atoms with Crippen molar-refractivity contribution in [1.82, 2.24) is 0 Å². The fraction of sp³-hybridized carbons (Fsp3) is 0.538. The molecule has 0 N–H and O–H groups in total. The van der Waals surface area contributed by atoms with E-state index in [-0.39, 0.29) is 0 Å². The van der Waals surface area contributed by atoms with E-state index in [0.29, 0.717) is 0 Å². The molecule has 0 aliphatic rings.